The van der Waals surface area contributed by atoms with Crippen molar-refractivity contribution in [1.29, 1.82) is 0 Å². The summed E-state index contributed by atoms with van der Waals surface area (Å²) in [4.78, 5) is 29.3. The van der Waals surface area contributed by atoms with Crippen LogP contribution >= 0.6 is 0 Å². The lowest BCUT2D eigenvalue weighted by molar-refractivity contribution is -0.121. The SMILES string of the molecule is Cc1nc(C(C)C)oc1C(=O)N1CCC(C(N)=O)C1. The van der Waals surface area contributed by atoms with Crippen LogP contribution in [0.2, 0.25) is 0 Å². The van der Waals surface area contributed by atoms with Crippen LogP contribution in [-0.2, 0) is 4.79 Å². The molecular weight excluding hydrogens is 246 g/mol. The van der Waals surface area contributed by atoms with Crippen molar-refractivity contribution in [2.24, 2.45) is 11.7 Å². The van der Waals surface area contributed by atoms with Crippen LogP contribution < -0.4 is 5.73 Å². The molecular formula is C13H19N3O3. The Hall–Kier alpha value is -1.85. The molecule has 1 aliphatic heterocycles. The minimum absolute atomic E-state index is 0.136. The van der Waals surface area contributed by atoms with Gasteiger partial charge in [-0.3, -0.25) is 9.59 Å². The van der Waals surface area contributed by atoms with E-state index in [-0.39, 0.29) is 29.4 Å². The van der Waals surface area contributed by atoms with E-state index in [0.29, 0.717) is 31.1 Å². The number of hydrogen-bond acceptors (Lipinski definition) is 4. The standard InChI is InChI=1S/C13H19N3O3/c1-7(2)12-15-8(3)10(19-12)13(18)16-5-4-9(6-16)11(14)17/h7,9H,4-6H2,1-3H3,(H2,14,17). The van der Waals surface area contributed by atoms with Crippen LogP contribution in [0.3, 0.4) is 0 Å². The summed E-state index contributed by atoms with van der Waals surface area (Å²) in [7, 11) is 0. The van der Waals surface area contributed by atoms with Gasteiger partial charge in [0.15, 0.2) is 5.89 Å². The summed E-state index contributed by atoms with van der Waals surface area (Å²) in [6.45, 7) is 6.57. The number of hydrogen-bond donors (Lipinski definition) is 1. The van der Waals surface area contributed by atoms with Crippen LogP contribution in [0.5, 0.6) is 0 Å². The maximum Gasteiger partial charge on any atom is 0.291 e. The molecule has 2 heterocycles. The first-order chi connectivity index (χ1) is 8.90. The quantitative estimate of drug-likeness (QED) is 0.884. The van der Waals surface area contributed by atoms with Crippen LogP contribution in [0.15, 0.2) is 4.42 Å². The third-order valence-corrected chi connectivity index (χ3v) is 3.38. The fourth-order valence-electron chi connectivity index (χ4n) is 2.18. The minimum atomic E-state index is -0.354. The minimum Gasteiger partial charge on any atom is -0.435 e. The number of oxazole rings is 1. The van der Waals surface area contributed by atoms with Gasteiger partial charge in [0.2, 0.25) is 11.7 Å². The van der Waals surface area contributed by atoms with E-state index in [1.165, 1.54) is 0 Å². The summed E-state index contributed by atoms with van der Waals surface area (Å²) < 4.78 is 5.53. The number of rotatable bonds is 3. The molecule has 0 spiro atoms. The third kappa shape index (κ3) is 2.62. The van der Waals surface area contributed by atoms with Gasteiger partial charge in [0.1, 0.15) is 0 Å². The lowest BCUT2D eigenvalue weighted by Crippen LogP contribution is -2.31. The first-order valence-corrected chi connectivity index (χ1v) is 6.46. The molecule has 0 aromatic carbocycles. The van der Waals surface area contributed by atoms with Crippen molar-refractivity contribution in [1.82, 2.24) is 9.88 Å². The Morgan fingerprint density at radius 1 is 1.47 bits per heavy atom. The van der Waals surface area contributed by atoms with Gasteiger partial charge in [-0.25, -0.2) is 4.98 Å². The zero-order valence-electron chi connectivity index (χ0n) is 11.5. The van der Waals surface area contributed by atoms with Crippen molar-refractivity contribution in [3.05, 3.63) is 17.3 Å². The van der Waals surface area contributed by atoms with E-state index < -0.39 is 0 Å². The molecule has 1 aromatic rings. The molecule has 0 bridgehead atoms. The number of primary amides is 1. The first-order valence-electron chi connectivity index (χ1n) is 6.46. The molecule has 6 heteroatoms. The van der Waals surface area contributed by atoms with Crippen LogP contribution in [-0.4, -0.2) is 34.8 Å². The second-order valence-electron chi connectivity index (χ2n) is 5.26. The molecule has 1 aromatic heterocycles. The van der Waals surface area contributed by atoms with Gasteiger partial charge in [0.05, 0.1) is 11.6 Å². The van der Waals surface area contributed by atoms with Gasteiger partial charge in [-0.15, -0.1) is 0 Å². The Kier molecular flexibility index (Phi) is 3.59. The van der Waals surface area contributed by atoms with Gasteiger partial charge in [-0.1, -0.05) is 13.8 Å². The summed E-state index contributed by atoms with van der Waals surface area (Å²) in [5.41, 5.74) is 5.85. The Balaban J connectivity index is 2.14. The number of nitrogens with two attached hydrogens (primary N) is 1. The Morgan fingerprint density at radius 3 is 2.63 bits per heavy atom. The van der Waals surface area contributed by atoms with E-state index in [4.69, 9.17) is 10.2 Å². The fraction of sp³-hybridized carbons (Fsp3) is 0.615. The average Bonchev–Trinajstić information content (AvgIpc) is 2.94. The second-order valence-corrected chi connectivity index (χ2v) is 5.26. The van der Waals surface area contributed by atoms with E-state index in [1.54, 1.807) is 11.8 Å². The molecule has 1 saturated heterocycles. The maximum absolute atomic E-state index is 12.3. The summed E-state index contributed by atoms with van der Waals surface area (Å²) >= 11 is 0. The predicted molar refractivity (Wildman–Crippen MR) is 68.5 cm³/mol. The van der Waals surface area contributed by atoms with E-state index in [2.05, 4.69) is 4.98 Å². The molecule has 1 aliphatic rings. The van der Waals surface area contributed by atoms with Crippen LogP contribution in [0.4, 0.5) is 0 Å². The lowest BCUT2D eigenvalue weighted by Gasteiger charge is -2.14. The van der Waals surface area contributed by atoms with Crippen LogP contribution in [0.25, 0.3) is 0 Å². The van der Waals surface area contributed by atoms with Gasteiger partial charge in [0.25, 0.3) is 5.91 Å². The largest absolute Gasteiger partial charge is 0.435 e. The van der Waals surface area contributed by atoms with Gasteiger partial charge >= 0.3 is 0 Å². The molecule has 2 amide bonds. The topological polar surface area (TPSA) is 89.4 Å². The van der Waals surface area contributed by atoms with Crippen molar-refractivity contribution < 1.29 is 14.0 Å². The van der Waals surface area contributed by atoms with Crippen molar-refractivity contribution in [2.45, 2.75) is 33.1 Å². The molecule has 0 aliphatic carbocycles. The summed E-state index contributed by atoms with van der Waals surface area (Å²) in [6, 6.07) is 0. The zero-order valence-corrected chi connectivity index (χ0v) is 11.5. The lowest BCUT2D eigenvalue weighted by atomic mass is 10.1. The summed E-state index contributed by atoms with van der Waals surface area (Å²) in [6.07, 6.45) is 0.616. The molecule has 0 saturated carbocycles. The van der Waals surface area contributed by atoms with E-state index in [9.17, 15) is 9.59 Å². The highest BCUT2D eigenvalue weighted by Gasteiger charge is 2.32. The van der Waals surface area contributed by atoms with Crippen molar-refractivity contribution in [3.63, 3.8) is 0 Å². The molecule has 1 fully saturated rings. The number of carbonyl (C=O) groups excluding carboxylic acids is 2. The number of amides is 2. The molecule has 104 valence electrons. The number of carbonyl (C=O) groups is 2. The molecule has 19 heavy (non-hydrogen) atoms. The average molecular weight is 265 g/mol. The van der Waals surface area contributed by atoms with Crippen LogP contribution in [0.1, 0.15) is 48.3 Å². The highest BCUT2D eigenvalue weighted by Crippen LogP contribution is 2.22. The maximum atomic E-state index is 12.3. The highest BCUT2D eigenvalue weighted by atomic mass is 16.4. The summed E-state index contributed by atoms with van der Waals surface area (Å²) in [5.74, 6) is 0.155. The highest BCUT2D eigenvalue weighted by molar-refractivity contribution is 5.93. The predicted octanol–water partition coefficient (Wildman–Crippen LogP) is 1.05. The van der Waals surface area contributed by atoms with Crippen molar-refractivity contribution >= 4 is 11.8 Å². The molecule has 1 atom stereocenters. The fourth-order valence-corrected chi connectivity index (χ4v) is 2.18. The molecule has 6 nitrogen and oxygen atoms in total. The summed E-state index contributed by atoms with van der Waals surface area (Å²) in [5, 5.41) is 0. The van der Waals surface area contributed by atoms with Crippen LogP contribution in [0, 0.1) is 12.8 Å². The van der Waals surface area contributed by atoms with Gasteiger partial charge in [-0.2, -0.15) is 0 Å². The monoisotopic (exact) mass is 265 g/mol. The number of aromatic nitrogens is 1. The molecule has 2 N–H and O–H groups in total. The van der Waals surface area contributed by atoms with E-state index in [0.717, 1.165) is 0 Å². The third-order valence-electron chi connectivity index (χ3n) is 3.38. The van der Waals surface area contributed by atoms with E-state index in [1.807, 2.05) is 13.8 Å². The molecule has 0 radical (unpaired) electrons. The molecule has 2 rings (SSSR count). The number of aryl methyl sites for hydroxylation is 1. The van der Waals surface area contributed by atoms with E-state index >= 15 is 0 Å². The van der Waals surface area contributed by atoms with Crippen molar-refractivity contribution in [2.75, 3.05) is 13.1 Å². The van der Waals surface area contributed by atoms with Gasteiger partial charge in [0, 0.05) is 19.0 Å². The Bertz CT molecular complexity index is 507. The van der Waals surface area contributed by atoms with Gasteiger partial charge in [-0.05, 0) is 13.3 Å². The molecule has 1 unspecified atom stereocenters. The number of likely N-dealkylation sites (tertiary alicyclic amines) is 1. The Labute approximate surface area is 112 Å². The smallest absolute Gasteiger partial charge is 0.291 e. The Morgan fingerprint density at radius 2 is 2.16 bits per heavy atom. The normalized spacial score (nSPS) is 19.2. The van der Waals surface area contributed by atoms with Gasteiger partial charge < -0.3 is 15.1 Å². The first kappa shape index (κ1) is 13.6. The van der Waals surface area contributed by atoms with Crippen molar-refractivity contribution in [3.8, 4) is 0 Å². The second kappa shape index (κ2) is 5.03. The zero-order chi connectivity index (χ0) is 14.2. The number of nitrogens with zero attached hydrogens (tertiary/aromatic N) is 2.